The normalized spacial score (nSPS) is 25.4. The number of carbonyl (C=O) groups is 1. The molecule has 1 amide bonds. The van der Waals surface area contributed by atoms with Gasteiger partial charge in [0.15, 0.2) is 0 Å². The fourth-order valence-corrected chi connectivity index (χ4v) is 2.78. The molecule has 0 saturated heterocycles. The van der Waals surface area contributed by atoms with Gasteiger partial charge in [-0.2, -0.15) is 0 Å². The van der Waals surface area contributed by atoms with E-state index >= 15 is 0 Å². The molecular formula is C15H28N2O. The molecule has 3 heteroatoms. The lowest BCUT2D eigenvalue weighted by Crippen LogP contribution is -2.47. The van der Waals surface area contributed by atoms with E-state index in [-0.39, 0.29) is 11.9 Å². The first kappa shape index (κ1) is 15.2. The predicted molar refractivity (Wildman–Crippen MR) is 76.5 cm³/mol. The van der Waals surface area contributed by atoms with Gasteiger partial charge in [-0.05, 0) is 38.5 Å². The summed E-state index contributed by atoms with van der Waals surface area (Å²) in [5.41, 5.74) is 0. The Labute approximate surface area is 111 Å². The Morgan fingerprint density at radius 2 is 2.06 bits per heavy atom. The second-order valence-electron chi connectivity index (χ2n) is 5.43. The molecule has 2 N–H and O–H groups in total. The van der Waals surface area contributed by atoms with Crippen LogP contribution < -0.4 is 10.6 Å². The van der Waals surface area contributed by atoms with Crippen LogP contribution in [0.15, 0.2) is 12.7 Å². The van der Waals surface area contributed by atoms with Crippen LogP contribution in [0.4, 0.5) is 0 Å². The van der Waals surface area contributed by atoms with Gasteiger partial charge in [-0.25, -0.2) is 0 Å². The van der Waals surface area contributed by atoms with E-state index in [1.54, 1.807) is 6.08 Å². The van der Waals surface area contributed by atoms with Gasteiger partial charge in [-0.1, -0.05) is 25.8 Å². The van der Waals surface area contributed by atoms with Gasteiger partial charge in [-0.15, -0.1) is 6.58 Å². The van der Waals surface area contributed by atoms with Crippen molar-refractivity contribution in [1.29, 1.82) is 0 Å². The van der Waals surface area contributed by atoms with Gasteiger partial charge in [0.05, 0.1) is 6.04 Å². The summed E-state index contributed by atoms with van der Waals surface area (Å²) in [6, 6.07) is 0.417. The van der Waals surface area contributed by atoms with Gasteiger partial charge in [0.25, 0.3) is 0 Å². The van der Waals surface area contributed by atoms with Crippen LogP contribution in [0, 0.1) is 5.92 Å². The van der Waals surface area contributed by atoms with E-state index in [1.807, 2.05) is 6.92 Å². The Bertz CT molecular complexity index is 257. The van der Waals surface area contributed by atoms with E-state index < -0.39 is 0 Å². The Morgan fingerprint density at radius 3 is 2.61 bits per heavy atom. The maximum atomic E-state index is 11.7. The fourth-order valence-electron chi connectivity index (χ4n) is 2.78. The number of nitrogens with one attached hydrogen (secondary N) is 2. The summed E-state index contributed by atoms with van der Waals surface area (Å²) in [5.74, 6) is 0.989. The van der Waals surface area contributed by atoms with Crippen molar-refractivity contribution < 1.29 is 4.79 Å². The Kier molecular flexibility index (Phi) is 7.02. The highest BCUT2D eigenvalue weighted by Gasteiger charge is 2.23. The minimum Gasteiger partial charge on any atom is -0.351 e. The van der Waals surface area contributed by atoms with Crippen LogP contribution in [0.3, 0.4) is 0 Å². The lowest BCUT2D eigenvalue weighted by molar-refractivity contribution is -0.122. The van der Waals surface area contributed by atoms with E-state index in [0.29, 0.717) is 12.6 Å². The van der Waals surface area contributed by atoms with Crippen LogP contribution in [0.5, 0.6) is 0 Å². The van der Waals surface area contributed by atoms with E-state index in [1.165, 1.54) is 38.5 Å². The molecule has 0 spiro atoms. The minimum atomic E-state index is -0.0994. The highest BCUT2D eigenvalue weighted by atomic mass is 16.2. The Hall–Kier alpha value is -0.830. The zero-order valence-electron chi connectivity index (χ0n) is 11.9. The fraction of sp³-hybridized carbons (Fsp3) is 0.800. The van der Waals surface area contributed by atoms with E-state index in [9.17, 15) is 4.79 Å². The number of carbonyl (C=O) groups excluding carboxylic acids is 1. The van der Waals surface area contributed by atoms with Crippen molar-refractivity contribution in [2.45, 2.75) is 64.5 Å². The van der Waals surface area contributed by atoms with Crippen molar-refractivity contribution in [1.82, 2.24) is 10.6 Å². The maximum Gasteiger partial charge on any atom is 0.237 e. The van der Waals surface area contributed by atoms with Crippen molar-refractivity contribution in [2.75, 3.05) is 6.54 Å². The third kappa shape index (κ3) is 5.21. The highest BCUT2D eigenvalue weighted by molar-refractivity contribution is 5.81. The second-order valence-corrected chi connectivity index (χ2v) is 5.43. The van der Waals surface area contributed by atoms with Crippen molar-refractivity contribution >= 4 is 5.91 Å². The summed E-state index contributed by atoms with van der Waals surface area (Å²) in [7, 11) is 0. The summed E-state index contributed by atoms with van der Waals surface area (Å²) in [4.78, 5) is 11.7. The van der Waals surface area contributed by atoms with Crippen molar-refractivity contribution in [2.24, 2.45) is 5.92 Å². The van der Waals surface area contributed by atoms with Crippen LogP contribution in [-0.2, 0) is 4.79 Å². The molecular weight excluding hydrogens is 224 g/mol. The van der Waals surface area contributed by atoms with Crippen LogP contribution in [0.2, 0.25) is 0 Å². The van der Waals surface area contributed by atoms with Gasteiger partial charge in [0.1, 0.15) is 0 Å². The second kappa shape index (κ2) is 8.30. The summed E-state index contributed by atoms with van der Waals surface area (Å²) in [6.45, 7) is 8.35. The topological polar surface area (TPSA) is 41.1 Å². The molecule has 0 aliphatic heterocycles. The predicted octanol–water partition coefficient (Wildman–Crippen LogP) is 2.63. The molecule has 0 bridgehead atoms. The van der Waals surface area contributed by atoms with Crippen LogP contribution in [0.25, 0.3) is 0 Å². The molecule has 1 rings (SSSR count). The monoisotopic (exact) mass is 252 g/mol. The number of hydrogen-bond donors (Lipinski definition) is 2. The van der Waals surface area contributed by atoms with E-state index in [4.69, 9.17) is 0 Å². The van der Waals surface area contributed by atoms with Crippen LogP contribution >= 0.6 is 0 Å². The molecule has 0 aromatic rings. The maximum absolute atomic E-state index is 11.7. The Balaban J connectivity index is 2.23. The van der Waals surface area contributed by atoms with Crippen molar-refractivity contribution in [3.63, 3.8) is 0 Å². The number of hydrogen-bond acceptors (Lipinski definition) is 2. The molecule has 1 aliphatic rings. The molecule has 0 heterocycles. The molecule has 3 nitrogen and oxygen atoms in total. The average molecular weight is 252 g/mol. The smallest absolute Gasteiger partial charge is 0.237 e. The zero-order chi connectivity index (χ0) is 13.4. The molecule has 1 fully saturated rings. The minimum absolute atomic E-state index is 0.0746. The largest absolute Gasteiger partial charge is 0.351 e. The van der Waals surface area contributed by atoms with Gasteiger partial charge < -0.3 is 10.6 Å². The summed E-state index contributed by atoms with van der Waals surface area (Å²) >= 11 is 0. The summed E-state index contributed by atoms with van der Waals surface area (Å²) in [6.07, 6.45) is 9.41. The van der Waals surface area contributed by atoms with E-state index in [0.717, 1.165) is 5.92 Å². The SMILES string of the molecule is C=CCNC(=O)C(C)NC1CCC(CCC)CC1. The molecule has 104 valence electrons. The number of rotatable bonds is 7. The first-order valence-corrected chi connectivity index (χ1v) is 7.32. The Morgan fingerprint density at radius 1 is 1.39 bits per heavy atom. The molecule has 1 saturated carbocycles. The van der Waals surface area contributed by atoms with Crippen LogP contribution in [-0.4, -0.2) is 24.5 Å². The van der Waals surface area contributed by atoms with Crippen molar-refractivity contribution in [3.05, 3.63) is 12.7 Å². The third-order valence-electron chi connectivity index (χ3n) is 3.84. The summed E-state index contributed by atoms with van der Waals surface area (Å²) < 4.78 is 0. The van der Waals surface area contributed by atoms with Gasteiger partial charge in [0.2, 0.25) is 5.91 Å². The lowest BCUT2D eigenvalue weighted by atomic mass is 9.83. The van der Waals surface area contributed by atoms with Crippen LogP contribution in [0.1, 0.15) is 52.4 Å². The highest BCUT2D eigenvalue weighted by Crippen LogP contribution is 2.27. The van der Waals surface area contributed by atoms with Crippen molar-refractivity contribution in [3.8, 4) is 0 Å². The average Bonchev–Trinajstić information content (AvgIpc) is 2.38. The first-order chi connectivity index (χ1) is 8.67. The molecule has 1 atom stereocenters. The quantitative estimate of drug-likeness (QED) is 0.684. The third-order valence-corrected chi connectivity index (χ3v) is 3.84. The van der Waals surface area contributed by atoms with Gasteiger partial charge in [-0.3, -0.25) is 4.79 Å². The number of amides is 1. The molecule has 0 radical (unpaired) electrons. The standard InChI is InChI=1S/C15H28N2O/c1-4-6-13-7-9-14(10-8-13)17-12(3)15(18)16-11-5-2/h5,12-14,17H,2,4,6-11H2,1,3H3,(H,16,18). The molecule has 0 aromatic heterocycles. The molecule has 18 heavy (non-hydrogen) atoms. The van der Waals surface area contributed by atoms with Gasteiger partial charge >= 0.3 is 0 Å². The van der Waals surface area contributed by atoms with Gasteiger partial charge in [0, 0.05) is 12.6 Å². The first-order valence-electron chi connectivity index (χ1n) is 7.32. The molecule has 1 unspecified atom stereocenters. The van der Waals surface area contributed by atoms with E-state index in [2.05, 4.69) is 24.1 Å². The molecule has 0 aromatic carbocycles. The summed E-state index contributed by atoms with van der Waals surface area (Å²) in [5, 5.41) is 6.28. The lowest BCUT2D eigenvalue weighted by Gasteiger charge is -2.30. The molecule has 1 aliphatic carbocycles. The zero-order valence-corrected chi connectivity index (χ0v) is 11.9.